The van der Waals surface area contributed by atoms with Gasteiger partial charge in [0.1, 0.15) is 11.1 Å². The lowest BCUT2D eigenvalue weighted by Crippen LogP contribution is -2.23. The highest BCUT2D eigenvalue weighted by Crippen LogP contribution is 2.25. The topological polar surface area (TPSA) is 73.3 Å². The molecule has 1 fully saturated rings. The van der Waals surface area contributed by atoms with Gasteiger partial charge in [0.15, 0.2) is 0 Å². The van der Waals surface area contributed by atoms with Crippen LogP contribution in [0.4, 0.5) is 0 Å². The number of aromatic nitrogens is 2. The maximum Gasteiger partial charge on any atom is 0.253 e. The van der Waals surface area contributed by atoms with Crippen LogP contribution in [0, 0.1) is 0 Å². The van der Waals surface area contributed by atoms with E-state index >= 15 is 0 Å². The van der Waals surface area contributed by atoms with Crippen LogP contribution in [-0.2, 0) is 11.3 Å². The molecule has 1 amide bonds. The van der Waals surface area contributed by atoms with Crippen LogP contribution < -0.4 is 10.1 Å². The molecule has 23 heavy (non-hydrogen) atoms. The van der Waals surface area contributed by atoms with Crippen LogP contribution >= 0.6 is 11.6 Å². The summed E-state index contributed by atoms with van der Waals surface area (Å²) in [5, 5.41) is 3.12. The summed E-state index contributed by atoms with van der Waals surface area (Å²) in [4.78, 5) is 20.2. The Hall–Kier alpha value is -2.18. The molecule has 0 spiro atoms. The summed E-state index contributed by atoms with van der Waals surface area (Å²) in [7, 11) is 0. The molecule has 0 aliphatic carbocycles. The van der Waals surface area contributed by atoms with Crippen molar-refractivity contribution in [3.63, 3.8) is 0 Å². The molecule has 120 valence electrons. The first-order chi connectivity index (χ1) is 11.2. The fourth-order valence-electron chi connectivity index (χ4n) is 2.19. The van der Waals surface area contributed by atoms with Gasteiger partial charge in [-0.25, -0.2) is 4.98 Å². The predicted molar refractivity (Wildman–Crippen MR) is 84.5 cm³/mol. The molecule has 1 aliphatic rings. The number of hydrogen-bond donors (Lipinski definition) is 1. The number of amides is 1. The van der Waals surface area contributed by atoms with E-state index in [4.69, 9.17) is 21.1 Å². The molecule has 1 aliphatic heterocycles. The Kier molecular flexibility index (Phi) is 5.05. The van der Waals surface area contributed by atoms with Crippen LogP contribution in [0.5, 0.6) is 5.88 Å². The molecular formula is C16H16ClN3O3. The Balaban J connectivity index is 1.61. The summed E-state index contributed by atoms with van der Waals surface area (Å²) in [6, 6.07) is 5.24. The third-order valence-electron chi connectivity index (χ3n) is 3.44. The van der Waals surface area contributed by atoms with Crippen LogP contribution in [-0.4, -0.2) is 35.2 Å². The summed E-state index contributed by atoms with van der Waals surface area (Å²) in [6.07, 6.45) is 5.59. The maximum absolute atomic E-state index is 12.1. The molecule has 0 saturated carbocycles. The smallest absolute Gasteiger partial charge is 0.253 e. The Labute approximate surface area is 138 Å². The van der Waals surface area contributed by atoms with Gasteiger partial charge in [-0.3, -0.25) is 9.78 Å². The number of hydrogen-bond acceptors (Lipinski definition) is 5. The van der Waals surface area contributed by atoms with Crippen LogP contribution in [0.15, 0.2) is 36.8 Å². The number of nitrogens with one attached hydrogen (secondary N) is 1. The SMILES string of the molecule is O=C(NCc1ccncc1)c1cnc(OC2CCOC2)c(Cl)c1. The average Bonchev–Trinajstić information content (AvgIpc) is 3.08. The van der Waals surface area contributed by atoms with Gasteiger partial charge in [0.05, 0.1) is 18.8 Å². The number of ether oxygens (including phenoxy) is 2. The molecule has 7 heteroatoms. The lowest BCUT2D eigenvalue weighted by molar-refractivity contribution is 0.0950. The Bertz CT molecular complexity index is 676. The van der Waals surface area contributed by atoms with Gasteiger partial charge < -0.3 is 14.8 Å². The van der Waals surface area contributed by atoms with Gasteiger partial charge in [-0.15, -0.1) is 0 Å². The summed E-state index contributed by atoms with van der Waals surface area (Å²) < 4.78 is 10.9. The van der Waals surface area contributed by atoms with Crippen LogP contribution in [0.3, 0.4) is 0 Å². The van der Waals surface area contributed by atoms with E-state index in [0.717, 1.165) is 12.0 Å². The molecule has 0 bridgehead atoms. The molecule has 2 aromatic heterocycles. The first-order valence-electron chi connectivity index (χ1n) is 7.29. The zero-order valence-electron chi connectivity index (χ0n) is 12.4. The number of pyridine rings is 2. The van der Waals surface area contributed by atoms with E-state index in [1.54, 1.807) is 18.5 Å². The second-order valence-electron chi connectivity index (χ2n) is 5.15. The van der Waals surface area contributed by atoms with Crippen molar-refractivity contribution in [2.45, 2.75) is 19.1 Å². The van der Waals surface area contributed by atoms with Gasteiger partial charge in [-0.2, -0.15) is 0 Å². The van der Waals surface area contributed by atoms with Crippen molar-refractivity contribution in [2.75, 3.05) is 13.2 Å². The Morgan fingerprint density at radius 3 is 2.96 bits per heavy atom. The van der Waals surface area contributed by atoms with E-state index in [1.165, 1.54) is 6.20 Å². The van der Waals surface area contributed by atoms with Gasteiger partial charge in [-0.05, 0) is 23.8 Å². The van der Waals surface area contributed by atoms with Crippen molar-refractivity contribution in [1.29, 1.82) is 0 Å². The summed E-state index contributed by atoms with van der Waals surface area (Å²) in [5.41, 5.74) is 1.35. The zero-order valence-corrected chi connectivity index (χ0v) is 13.1. The largest absolute Gasteiger partial charge is 0.471 e. The van der Waals surface area contributed by atoms with Gasteiger partial charge in [-0.1, -0.05) is 11.6 Å². The third-order valence-corrected chi connectivity index (χ3v) is 3.71. The predicted octanol–water partition coefficient (Wildman–Crippen LogP) is 2.23. The van der Waals surface area contributed by atoms with E-state index in [1.807, 2.05) is 12.1 Å². The normalized spacial score (nSPS) is 17.0. The quantitative estimate of drug-likeness (QED) is 0.908. The highest BCUT2D eigenvalue weighted by Gasteiger charge is 2.20. The average molecular weight is 334 g/mol. The van der Waals surface area contributed by atoms with Crippen LogP contribution in [0.2, 0.25) is 5.02 Å². The lowest BCUT2D eigenvalue weighted by atomic mass is 10.2. The molecule has 3 rings (SSSR count). The molecule has 1 unspecified atom stereocenters. The summed E-state index contributed by atoms with van der Waals surface area (Å²) >= 11 is 6.15. The Morgan fingerprint density at radius 1 is 1.43 bits per heavy atom. The van der Waals surface area contributed by atoms with Crippen LogP contribution in [0.1, 0.15) is 22.3 Å². The molecule has 1 N–H and O–H groups in total. The van der Waals surface area contributed by atoms with Crippen molar-refractivity contribution < 1.29 is 14.3 Å². The van der Waals surface area contributed by atoms with Crippen molar-refractivity contribution in [3.8, 4) is 5.88 Å². The fourth-order valence-corrected chi connectivity index (χ4v) is 2.40. The summed E-state index contributed by atoms with van der Waals surface area (Å²) in [5.74, 6) is 0.0832. The molecule has 0 radical (unpaired) electrons. The van der Waals surface area contributed by atoms with E-state index in [-0.39, 0.29) is 12.0 Å². The Morgan fingerprint density at radius 2 is 2.26 bits per heavy atom. The van der Waals surface area contributed by atoms with Gasteiger partial charge in [0.25, 0.3) is 5.91 Å². The van der Waals surface area contributed by atoms with E-state index in [0.29, 0.717) is 36.2 Å². The number of rotatable bonds is 5. The first kappa shape index (κ1) is 15.7. The molecule has 1 saturated heterocycles. The minimum Gasteiger partial charge on any atom is -0.471 e. The molecule has 0 aromatic carbocycles. The monoisotopic (exact) mass is 333 g/mol. The second-order valence-corrected chi connectivity index (χ2v) is 5.56. The first-order valence-corrected chi connectivity index (χ1v) is 7.67. The third kappa shape index (κ3) is 4.18. The molecule has 6 nitrogen and oxygen atoms in total. The second kappa shape index (κ2) is 7.39. The highest BCUT2D eigenvalue weighted by molar-refractivity contribution is 6.32. The zero-order chi connectivity index (χ0) is 16.1. The maximum atomic E-state index is 12.1. The lowest BCUT2D eigenvalue weighted by Gasteiger charge is -2.12. The fraction of sp³-hybridized carbons (Fsp3) is 0.312. The molecule has 2 aromatic rings. The van der Waals surface area contributed by atoms with Crippen molar-refractivity contribution in [3.05, 3.63) is 52.9 Å². The highest BCUT2D eigenvalue weighted by atomic mass is 35.5. The van der Waals surface area contributed by atoms with Crippen LogP contribution in [0.25, 0.3) is 0 Å². The van der Waals surface area contributed by atoms with Gasteiger partial charge in [0.2, 0.25) is 5.88 Å². The minimum absolute atomic E-state index is 0.0358. The van der Waals surface area contributed by atoms with E-state index in [2.05, 4.69) is 15.3 Å². The van der Waals surface area contributed by atoms with Crippen molar-refractivity contribution in [2.24, 2.45) is 0 Å². The number of carbonyl (C=O) groups excluding carboxylic acids is 1. The van der Waals surface area contributed by atoms with Crippen molar-refractivity contribution in [1.82, 2.24) is 15.3 Å². The van der Waals surface area contributed by atoms with Gasteiger partial charge in [0, 0.05) is 31.6 Å². The van der Waals surface area contributed by atoms with E-state index < -0.39 is 0 Å². The van der Waals surface area contributed by atoms with Crippen molar-refractivity contribution >= 4 is 17.5 Å². The number of nitrogens with zero attached hydrogens (tertiary/aromatic N) is 2. The molecule has 3 heterocycles. The standard InChI is InChI=1S/C16H16ClN3O3/c17-14-7-12(9-20-16(14)23-13-3-6-22-10-13)15(21)19-8-11-1-4-18-5-2-11/h1-2,4-5,7,9,13H,3,6,8,10H2,(H,19,21). The molecule has 1 atom stereocenters. The van der Waals surface area contributed by atoms with E-state index in [9.17, 15) is 4.79 Å². The number of carbonyl (C=O) groups is 1. The minimum atomic E-state index is -0.244. The summed E-state index contributed by atoms with van der Waals surface area (Å²) in [6.45, 7) is 1.63. The molecular weight excluding hydrogens is 318 g/mol. The number of halogens is 1. The van der Waals surface area contributed by atoms with Gasteiger partial charge >= 0.3 is 0 Å².